The predicted octanol–water partition coefficient (Wildman–Crippen LogP) is 0.398. The quantitative estimate of drug-likeness (QED) is 0.602. The summed E-state index contributed by atoms with van der Waals surface area (Å²) >= 11 is 0. The molecule has 1 unspecified atom stereocenters. The van der Waals surface area contributed by atoms with Crippen molar-refractivity contribution >= 4 is 24.8 Å². The topological polar surface area (TPSA) is 38.0 Å². The van der Waals surface area contributed by atoms with Gasteiger partial charge in [-0.05, 0) is 32.0 Å². The van der Waals surface area contributed by atoms with Gasteiger partial charge in [-0.2, -0.15) is 0 Å². The first-order valence-electron chi connectivity index (χ1n) is 2.84. The van der Waals surface area contributed by atoms with Crippen LogP contribution in [0.3, 0.4) is 0 Å². The van der Waals surface area contributed by atoms with Crippen LogP contribution in [0.2, 0.25) is 0 Å². The van der Waals surface area contributed by atoms with Crippen molar-refractivity contribution in [1.29, 1.82) is 0 Å². The molecule has 1 aliphatic heterocycles. The standard InChI is InChI=1S/C5H12N2.2ClH/c6-3-5-1-2-7-4-5;;/h5,7H,1-4,6H2;2*1H. The highest BCUT2D eigenvalue weighted by Crippen LogP contribution is 2.02. The first-order valence-corrected chi connectivity index (χ1v) is 2.84. The molecule has 0 aliphatic carbocycles. The number of rotatable bonds is 1. The molecule has 1 heterocycles. The first kappa shape index (κ1) is 12.2. The van der Waals surface area contributed by atoms with Crippen molar-refractivity contribution in [2.24, 2.45) is 11.7 Å². The molecule has 1 fully saturated rings. The van der Waals surface area contributed by atoms with Gasteiger partial charge in [0.1, 0.15) is 0 Å². The van der Waals surface area contributed by atoms with Crippen LogP contribution in [0, 0.1) is 5.92 Å². The molecule has 3 N–H and O–H groups in total. The maximum absolute atomic E-state index is 5.39. The van der Waals surface area contributed by atoms with Crippen molar-refractivity contribution in [1.82, 2.24) is 5.32 Å². The summed E-state index contributed by atoms with van der Waals surface area (Å²) in [6.45, 7) is 3.16. The lowest BCUT2D eigenvalue weighted by Crippen LogP contribution is -2.16. The van der Waals surface area contributed by atoms with Crippen LogP contribution in [0.4, 0.5) is 0 Å². The average molecular weight is 173 g/mol. The van der Waals surface area contributed by atoms with Crippen molar-refractivity contribution in [3.8, 4) is 0 Å². The Morgan fingerprint density at radius 3 is 2.33 bits per heavy atom. The van der Waals surface area contributed by atoms with Crippen LogP contribution in [0.1, 0.15) is 6.42 Å². The van der Waals surface area contributed by atoms with Gasteiger partial charge in [0.05, 0.1) is 0 Å². The van der Waals surface area contributed by atoms with E-state index in [4.69, 9.17) is 5.73 Å². The summed E-state index contributed by atoms with van der Waals surface area (Å²) in [5, 5.41) is 3.24. The van der Waals surface area contributed by atoms with Gasteiger partial charge in [-0.1, -0.05) is 0 Å². The Hall–Kier alpha value is 0.500. The van der Waals surface area contributed by atoms with E-state index >= 15 is 0 Å². The summed E-state index contributed by atoms with van der Waals surface area (Å²) in [6, 6.07) is 0. The molecule has 1 saturated heterocycles. The molecule has 58 valence electrons. The molecular formula is C5H14Cl2N2. The maximum atomic E-state index is 5.39. The number of nitrogens with two attached hydrogens (primary N) is 1. The van der Waals surface area contributed by atoms with Gasteiger partial charge in [0.25, 0.3) is 0 Å². The highest BCUT2D eigenvalue weighted by atomic mass is 35.5. The SMILES string of the molecule is Cl.Cl.NCC1CCNC1. The molecule has 0 amide bonds. The Balaban J connectivity index is 0. The molecule has 1 aliphatic rings. The van der Waals surface area contributed by atoms with Gasteiger partial charge in [-0.3, -0.25) is 0 Å². The summed E-state index contributed by atoms with van der Waals surface area (Å²) < 4.78 is 0. The zero-order chi connectivity index (χ0) is 5.11. The monoisotopic (exact) mass is 172 g/mol. The third kappa shape index (κ3) is 3.98. The van der Waals surface area contributed by atoms with Crippen LogP contribution >= 0.6 is 24.8 Å². The Morgan fingerprint density at radius 1 is 1.44 bits per heavy atom. The Labute approximate surface area is 68.4 Å². The van der Waals surface area contributed by atoms with Gasteiger partial charge in [-0.25, -0.2) is 0 Å². The molecule has 0 bridgehead atoms. The van der Waals surface area contributed by atoms with Gasteiger partial charge >= 0.3 is 0 Å². The molecule has 0 spiro atoms. The van der Waals surface area contributed by atoms with E-state index in [0.29, 0.717) is 0 Å². The second-order valence-corrected chi connectivity index (χ2v) is 2.09. The minimum Gasteiger partial charge on any atom is -0.330 e. The van der Waals surface area contributed by atoms with E-state index < -0.39 is 0 Å². The third-order valence-corrected chi connectivity index (χ3v) is 1.50. The number of halogens is 2. The van der Waals surface area contributed by atoms with Crippen molar-refractivity contribution in [3.63, 3.8) is 0 Å². The van der Waals surface area contributed by atoms with E-state index in [0.717, 1.165) is 19.0 Å². The van der Waals surface area contributed by atoms with Gasteiger partial charge in [0, 0.05) is 0 Å². The molecule has 0 radical (unpaired) electrons. The van der Waals surface area contributed by atoms with Crippen LogP contribution in [-0.2, 0) is 0 Å². The van der Waals surface area contributed by atoms with Crippen LogP contribution in [0.15, 0.2) is 0 Å². The molecule has 9 heavy (non-hydrogen) atoms. The zero-order valence-electron chi connectivity index (χ0n) is 5.30. The summed E-state index contributed by atoms with van der Waals surface area (Å²) in [6.07, 6.45) is 1.27. The fraction of sp³-hybridized carbons (Fsp3) is 1.00. The van der Waals surface area contributed by atoms with Crippen molar-refractivity contribution in [2.75, 3.05) is 19.6 Å². The van der Waals surface area contributed by atoms with Crippen LogP contribution < -0.4 is 11.1 Å². The minimum atomic E-state index is 0. The molecule has 0 saturated carbocycles. The number of hydrogen-bond acceptors (Lipinski definition) is 2. The number of hydrogen-bond donors (Lipinski definition) is 2. The summed E-state index contributed by atoms with van der Waals surface area (Å²) in [5.74, 6) is 0.764. The van der Waals surface area contributed by atoms with Crippen LogP contribution in [0.5, 0.6) is 0 Å². The molecule has 4 heteroatoms. The third-order valence-electron chi connectivity index (χ3n) is 1.50. The lowest BCUT2D eigenvalue weighted by molar-refractivity contribution is 0.596. The largest absolute Gasteiger partial charge is 0.330 e. The predicted molar refractivity (Wildman–Crippen MR) is 44.5 cm³/mol. The lowest BCUT2D eigenvalue weighted by atomic mass is 10.1. The zero-order valence-corrected chi connectivity index (χ0v) is 6.93. The average Bonchev–Trinajstić information content (AvgIpc) is 2.14. The highest BCUT2D eigenvalue weighted by Gasteiger charge is 2.10. The van der Waals surface area contributed by atoms with Gasteiger partial charge in [0.15, 0.2) is 0 Å². The molecule has 0 aromatic carbocycles. The fourth-order valence-electron chi connectivity index (χ4n) is 0.916. The lowest BCUT2D eigenvalue weighted by Gasteiger charge is -1.98. The Bertz CT molecular complexity index is 54.9. The van der Waals surface area contributed by atoms with E-state index in [-0.39, 0.29) is 24.8 Å². The van der Waals surface area contributed by atoms with Gasteiger partial charge in [0.2, 0.25) is 0 Å². The van der Waals surface area contributed by atoms with Crippen LogP contribution in [0.25, 0.3) is 0 Å². The molecule has 0 aromatic rings. The minimum absolute atomic E-state index is 0. The fourth-order valence-corrected chi connectivity index (χ4v) is 0.916. The summed E-state index contributed by atoms with van der Waals surface area (Å²) in [4.78, 5) is 0. The summed E-state index contributed by atoms with van der Waals surface area (Å²) in [7, 11) is 0. The van der Waals surface area contributed by atoms with Crippen LogP contribution in [-0.4, -0.2) is 19.6 Å². The maximum Gasteiger partial charge on any atom is -0.000798 e. The van der Waals surface area contributed by atoms with E-state index in [1.807, 2.05) is 0 Å². The van der Waals surface area contributed by atoms with E-state index in [1.54, 1.807) is 0 Å². The normalized spacial score (nSPS) is 24.3. The molecule has 1 atom stereocenters. The number of nitrogens with one attached hydrogen (secondary N) is 1. The Morgan fingerprint density at radius 2 is 2.11 bits per heavy atom. The van der Waals surface area contributed by atoms with E-state index in [1.165, 1.54) is 13.0 Å². The van der Waals surface area contributed by atoms with Crippen molar-refractivity contribution < 1.29 is 0 Å². The molecule has 2 nitrogen and oxygen atoms in total. The molecule has 0 aromatic heterocycles. The second-order valence-electron chi connectivity index (χ2n) is 2.09. The molecular weight excluding hydrogens is 159 g/mol. The molecule has 1 rings (SSSR count). The smallest absolute Gasteiger partial charge is 0.000798 e. The Kier molecular flexibility index (Phi) is 8.97. The van der Waals surface area contributed by atoms with Gasteiger partial charge in [-0.15, -0.1) is 24.8 Å². The highest BCUT2D eigenvalue weighted by molar-refractivity contribution is 5.85. The second kappa shape index (κ2) is 6.62. The first-order chi connectivity index (χ1) is 3.43. The van der Waals surface area contributed by atoms with Crippen molar-refractivity contribution in [2.45, 2.75) is 6.42 Å². The van der Waals surface area contributed by atoms with E-state index in [2.05, 4.69) is 5.32 Å². The van der Waals surface area contributed by atoms with Crippen molar-refractivity contribution in [3.05, 3.63) is 0 Å². The summed E-state index contributed by atoms with van der Waals surface area (Å²) in [5.41, 5.74) is 5.39. The van der Waals surface area contributed by atoms with Gasteiger partial charge < -0.3 is 11.1 Å². The van der Waals surface area contributed by atoms with E-state index in [9.17, 15) is 0 Å².